The summed E-state index contributed by atoms with van der Waals surface area (Å²) in [5.41, 5.74) is 3.37. The number of anilines is 1. The second kappa shape index (κ2) is 9.17. The number of fused-ring (bicyclic) bond motifs is 1. The highest BCUT2D eigenvalue weighted by molar-refractivity contribution is 5.95. The Hall–Kier alpha value is -4.06. The number of rotatable bonds is 7. The molecule has 2 heterocycles. The number of aromatic nitrogens is 2. The van der Waals surface area contributed by atoms with Crippen LogP contribution in [0.15, 0.2) is 79.0 Å². The number of methoxy groups -OCH3 is 1. The van der Waals surface area contributed by atoms with Gasteiger partial charge in [0.05, 0.1) is 7.11 Å². The van der Waals surface area contributed by atoms with E-state index in [0.29, 0.717) is 23.0 Å². The minimum Gasteiger partial charge on any atom is -0.493 e. The molecule has 6 heteroatoms. The monoisotopic (exact) mass is 413 g/mol. The first kappa shape index (κ1) is 20.2. The fraction of sp³-hybridized carbons (Fsp3) is 0.120. The van der Waals surface area contributed by atoms with Crippen LogP contribution in [-0.4, -0.2) is 29.0 Å². The van der Waals surface area contributed by atoms with Crippen LogP contribution in [0.2, 0.25) is 0 Å². The van der Waals surface area contributed by atoms with E-state index < -0.39 is 0 Å². The highest BCUT2D eigenvalue weighted by Crippen LogP contribution is 2.30. The summed E-state index contributed by atoms with van der Waals surface area (Å²) < 4.78 is 13.0. The number of carbonyl (C=O) groups is 1. The molecular weight excluding hydrogens is 390 g/mol. The fourth-order valence-electron chi connectivity index (χ4n) is 3.32. The third-order valence-corrected chi connectivity index (χ3v) is 4.74. The molecule has 0 bridgehead atoms. The van der Waals surface area contributed by atoms with Gasteiger partial charge in [-0.3, -0.25) is 9.20 Å². The van der Waals surface area contributed by atoms with Gasteiger partial charge in [-0.15, -0.1) is 0 Å². The first-order valence-corrected chi connectivity index (χ1v) is 9.95. The number of ether oxygens (including phenoxy) is 2. The van der Waals surface area contributed by atoms with Crippen LogP contribution < -0.4 is 14.8 Å². The van der Waals surface area contributed by atoms with Crippen LogP contribution >= 0.6 is 0 Å². The largest absolute Gasteiger partial charge is 0.493 e. The van der Waals surface area contributed by atoms with Gasteiger partial charge >= 0.3 is 0 Å². The van der Waals surface area contributed by atoms with Crippen molar-refractivity contribution in [3.05, 3.63) is 84.6 Å². The van der Waals surface area contributed by atoms with Crippen LogP contribution in [0.4, 0.5) is 5.82 Å². The molecule has 0 spiro atoms. The fourth-order valence-corrected chi connectivity index (χ4v) is 3.32. The lowest BCUT2D eigenvalue weighted by Gasteiger charge is -2.12. The normalized spacial score (nSPS) is 11.0. The van der Waals surface area contributed by atoms with E-state index >= 15 is 0 Å². The van der Waals surface area contributed by atoms with Crippen molar-refractivity contribution >= 4 is 23.4 Å². The standard InChI is InChI=1S/C25H23N3O3/c1-3-9-18-13-14-20(21(16-18)30-2)31-17-23(29)27-25-24(19-10-5-4-6-11-19)26-22-12-7-8-15-28(22)25/h3-16H,17H2,1-2H3,(H,27,29)/b9-3+. The first-order chi connectivity index (χ1) is 15.2. The van der Waals surface area contributed by atoms with Crippen molar-refractivity contribution in [2.75, 3.05) is 19.0 Å². The summed E-state index contributed by atoms with van der Waals surface area (Å²) >= 11 is 0. The van der Waals surface area contributed by atoms with Crippen LogP contribution in [0, 0.1) is 0 Å². The molecule has 0 saturated carbocycles. The maximum Gasteiger partial charge on any atom is 0.263 e. The third kappa shape index (κ3) is 4.43. The smallest absolute Gasteiger partial charge is 0.263 e. The number of carbonyl (C=O) groups excluding carboxylic acids is 1. The maximum absolute atomic E-state index is 12.8. The summed E-state index contributed by atoms with van der Waals surface area (Å²) in [6, 6.07) is 21.0. The molecule has 0 aliphatic rings. The zero-order chi connectivity index (χ0) is 21.6. The Morgan fingerprint density at radius 2 is 1.87 bits per heavy atom. The van der Waals surface area contributed by atoms with Crippen molar-refractivity contribution in [3.8, 4) is 22.8 Å². The number of pyridine rings is 1. The van der Waals surface area contributed by atoms with Gasteiger partial charge < -0.3 is 14.8 Å². The van der Waals surface area contributed by atoms with Gasteiger partial charge in [0.2, 0.25) is 0 Å². The van der Waals surface area contributed by atoms with Crippen LogP contribution in [0.25, 0.3) is 23.0 Å². The van der Waals surface area contributed by atoms with Gasteiger partial charge in [-0.05, 0) is 36.8 Å². The Kier molecular flexibility index (Phi) is 5.98. The minimum absolute atomic E-state index is 0.159. The number of hydrogen-bond acceptors (Lipinski definition) is 4. The summed E-state index contributed by atoms with van der Waals surface area (Å²) in [6.07, 6.45) is 5.78. The molecule has 1 N–H and O–H groups in total. The van der Waals surface area contributed by atoms with E-state index in [-0.39, 0.29) is 12.5 Å². The summed E-state index contributed by atoms with van der Waals surface area (Å²) in [6.45, 7) is 1.79. The van der Waals surface area contributed by atoms with Crippen molar-refractivity contribution < 1.29 is 14.3 Å². The molecule has 0 radical (unpaired) electrons. The summed E-state index contributed by atoms with van der Waals surface area (Å²) in [5.74, 6) is 1.39. The molecule has 31 heavy (non-hydrogen) atoms. The molecule has 0 aliphatic heterocycles. The summed E-state index contributed by atoms with van der Waals surface area (Å²) in [4.78, 5) is 17.4. The van der Waals surface area contributed by atoms with Gasteiger partial charge in [0.25, 0.3) is 5.91 Å². The Morgan fingerprint density at radius 1 is 1.06 bits per heavy atom. The van der Waals surface area contributed by atoms with Gasteiger partial charge in [0, 0.05) is 11.8 Å². The van der Waals surface area contributed by atoms with Gasteiger partial charge in [0.1, 0.15) is 17.2 Å². The Labute approximate surface area is 180 Å². The lowest BCUT2D eigenvalue weighted by molar-refractivity contribution is -0.118. The number of benzene rings is 2. The minimum atomic E-state index is -0.289. The second-order valence-electron chi connectivity index (χ2n) is 6.85. The zero-order valence-corrected chi connectivity index (χ0v) is 17.4. The van der Waals surface area contributed by atoms with Gasteiger partial charge in [-0.2, -0.15) is 0 Å². The number of amides is 1. The molecule has 2 aromatic carbocycles. The van der Waals surface area contributed by atoms with Crippen LogP contribution in [0.1, 0.15) is 12.5 Å². The van der Waals surface area contributed by atoms with E-state index in [1.807, 2.05) is 90.3 Å². The SMILES string of the molecule is C/C=C/c1ccc(OCC(=O)Nc2c(-c3ccccc3)nc3ccccn23)c(OC)c1. The topological polar surface area (TPSA) is 64.9 Å². The molecule has 156 valence electrons. The number of allylic oxidation sites excluding steroid dienone is 1. The van der Waals surface area contributed by atoms with Crippen molar-refractivity contribution in [1.82, 2.24) is 9.38 Å². The molecule has 4 aromatic rings. The van der Waals surface area contributed by atoms with E-state index in [4.69, 9.17) is 9.47 Å². The highest BCUT2D eigenvalue weighted by Gasteiger charge is 2.17. The molecule has 2 aromatic heterocycles. The maximum atomic E-state index is 12.8. The first-order valence-electron chi connectivity index (χ1n) is 9.95. The molecule has 1 amide bonds. The van der Waals surface area contributed by atoms with E-state index in [0.717, 1.165) is 16.8 Å². The molecular formula is C25H23N3O3. The molecule has 6 nitrogen and oxygen atoms in total. The van der Waals surface area contributed by atoms with Crippen molar-refractivity contribution in [2.24, 2.45) is 0 Å². The summed E-state index contributed by atoms with van der Waals surface area (Å²) in [7, 11) is 1.58. The lowest BCUT2D eigenvalue weighted by Crippen LogP contribution is -2.21. The van der Waals surface area contributed by atoms with Crippen molar-refractivity contribution in [2.45, 2.75) is 6.92 Å². The van der Waals surface area contributed by atoms with Crippen molar-refractivity contribution in [3.63, 3.8) is 0 Å². The predicted molar refractivity (Wildman–Crippen MR) is 122 cm³/mol. The second-order valence-corrected chi connectivity index (χ2v) is 6.85. The van der Waals surface area contributed by atoms with Crippen molar-refractivity contribution in [1.29, 1.82) is 0 Å². The highest BCUT2D eigenvalue weighted by atomic mass is 16.5. The molecule has 0 unspecified atom stereocenters. The molecule has 0 atom stereocenters. The quantitative estimate of drug-likeness (QED) is 0.460. The molecule has 0 fully saturated rings. The average molecular weight is 413 g/mol. The van der Waals surface area contributed by atoms with E-state index in [1.54, 1.807) is 13.2 Å². The Bertz CT molecular complexity index is 1230. The van der Waals surface area contributed by atoms with E-state index in [9.17, 15) is 4.79 Å². The molecule has 0 aliphatic carbocycles. The Morgan fingerprint density at radius 3 is 2.65 bits per heavy atom. The summed E-state index contributed by atoms with van der Waals surface area (Å²) in [5, 5.41) is 2.96. The number of nitrogens with zero attached hydrogens (tertiary/aromatic N) is 2. The number of nitrogens with one attached hydrogen (secondary N) is 1. The third-order valence-electron chi connectivity index (χ3n) is 4.74. The van der Waals surface area contributed by atoms with Gasteiger partial charge in [-0.1, -0.05) is 54.6 Å². The van der Waals surface area contributed by atoms with Crippen LogP contribution in [0.3, 0.4) is 0 Å². The number of imidazole rings is 1. The average Bonchev–Trinajstić information content (AvgIpc) is 3.17. The van der Waals surface area contributed by atoms with E-state index in [1.165, 1.54) is 0 Å². The van der Waals surface area contributed by atoms with Gasteiger partial charge in [-0.25, -0.2) is 4.98 Å². The van der Waals surface area contributed by atoms with Gasteiger partial charge in [0.15, 0.2) is 18.1 Å². The molecule has 4 rings (SSSR count). The number of hydrogen-bond donors (Lipinski definition) is 1. The Balaban J connectivity index is 1.56. The lowest BCUT2D eigenvalue weighted by atomic mass is 10.1. The van der Waals surface area contributed by atoms with Crippen LogP contribution in [0.5, 0.6) is 11.5 Å². The van der Waals surface area contributed by atoms with Crippen LogP contribution in [-0.2, 0) is 4.79 Å². The predicted octanol–water partition coefficient (Wildman–Crippen LogP) is 5.06. The van der Waals surface area contributed by atoms with E-state index in [2.05, 4.69) is 10.3 Å². The molecule has 0 saturated heterocycles. The zero-order valence-electron chi connectivity index (χ0n) is 17.4.